The average molecular weight is 305 g/mol. The van der Waals surface area contributed by atoms with E-state index < -0.39 is 0 Å². The molecule has 2 rings (SSSR count). The monoisotopic (exact) mass is 304 g/mol. The highest BCUT2D eigenvalue weighted by Crippen LogP contribution is 2.27. The van der Waals surface area contributed by atoms with Crippen molar-refractivity contribution in [3.8, 4) is 0 Å². The highest BCUT2D eigenvalue weighted by Gasteiger charge is 2.19. The van der Waals surface area contributed by atoms with E-state index in [0.717, 1.165) is 5.56 Å². The van der Waals surface area contributed by atoms with Gasteiger partial charge < -0.3 is 5.32 Å². The number of nitro benzene ring substituents is 1. The molecule has 0 aliphatic heterocycles. The molecule has 1 unspecified atom stereocenters. The average Bonchev–Trinajstić information content (AvgIpc) is 2.47. The molecule has 0 saturated heterocycles. The van der Waals surface area contributed by atoms with Gasteiger partial charge in [0, 0.05) is 28.7 Å². The van der Waals surface area contributed by atoms with Crippen LogP contribution in [-0.4, -0.2) is 4.92 Å². The molecule has 0 fully saturated rings. The van der Waals surface area contributed by atoms with Gasteiger partial charge in [-0.15, -0.1) is 0 Å². The summed E-state index contributed by atoms with van der Waals surface area (Å²) in [6, 6.07) is 14.3. The van der Waals surface area contributed by atoms with Gasteiger partial charge in [-0.25, -0.2) is 0 Å². The Kier molecular flexibility index (Phi) is 4.94. The van der Waals surface area contributed by atoms with Gasteiger partial charge in [0.1, 0.15) is 0 Å². The van der Waals surface area contributed by atoms with Crippen LogP contribution in [0.3, 0.4) is 0 Å². The van der Waals surface area contributed by atoms with Crippen molar-refractivity contribution >= 4 is 17.3 Å². The molecule has 2 atom stereocenters. The van der Waals surface area contributed by atoms with Gasteiger partial charge in [0.25, 0.3) is 5.69 Å². The Bertz CT molecular complexity index is 628. The molecule has 1 N–H and O–H groups in total. The SMILES string of the molecule is CC(N[C@@H](C)c1ccc(Cl)cc1)c1ccccc1[N+](=O)[O-]. The van der Waals surface area contributed by atoms with Crippen LogP contribution in [0.2, 0.25) is 5.02 Å². The predicted octanol–water partition coefficient (Wildman–Crippen LogP) is 4.66. The summed E-state index contributed by atoms with van der Waals surface area (Å²) < 4.78 is 0. The van der Waals surface area contributed by atoms with Gasteiger partial charge in [-0.3, -0.25) is 10.1 Å². The van der Waals surface area contributed by atoms with Gasteiger partial charge >= 0.3 is 0 Å². The van der Waals surface area contributed by atoms with Crippen LogP contribution in [0, 0.1) is 10.1 Å². The van der Waals surface area contributed by atoms with E-state index in [9.17, 15) is 10.1 Å². The third kappa shape index (κ3) is 3.80. The zero-order chi connectivity index (χ0) is 15.4. The highest BCUT2D eigenvalue weighted by atomic mass is 35.5. The van der Waals surface area contributed by atoms with Crippen LogP contribution in [0.25, 0.3) is 0 Å². The normalized spacial score (nSPS) is 13.7. The van der Waals surface area contributed by atoms with Crippen molar-refractivity contribution < 1.29 is 4.92 Å². The molecule has 0 aromatic heterocycles. The Hall–Kier alpha value is -1.91. The highest BCUT2D eigenvalue weighted by molar-refractivity contribution is 6.30. The smallest absolute Gasteiger partial charge is 0.274 e. The minimum atomic E-state index is -0.347. The molecular formula is C16H17ClN2O2. The van der Waals surface area contributed by atoms with Gasteiger partial charge in [-0.2, -0.15) is 0 Å². The first-order chi connectivity index (χ1) is 9.99. The van der Waals surface area contributed by atoms with E-state index in [1.165, 1.54) is 6.07 Å². The Labute approximate surface area is 128 Å². The third-order valence-electron chi connectivity index (χ3n) is 3.47. The fourth-order valence-corrected chi connectivity index (χ4v) is 2.46. The van der Waals surface area contributed by atoms with Crippen LogP contribution in [0.15, 0.2) is 48.5 Å². The van der Waals surface area contributed by atoms with Crippen molar-refractivity contribution in [2.75, 3.05) is 0 Å². The first-order valence-electron chi connectivity index (χ1n) is 6.74. The van der Waals surface area contributed by atoms with Crippen LogP contribution < -0.4 is 5.32 Å². The minimum absolute atomic E-state index is 0.0667. The van der Waals surface area contributed by atoms with Crippen LogP contribution in [0.1, 0.15) is 37.1 Å². The lowest BCUT2D eigenvalue weighted by Gasteiger charge is -2.20. The van der Waals surface area contributed by atoms with E-state index in [2.05, 4.69) is 5.32 Å². The van der Waals surface area contributed by atoms with Gasteiger partial charge in [0.15, 0.2) is 0 Å². The topological polar surface area (TPSA) is 55.2 Å². The van der Waals surface area contributed by atoms with Crippen LogP contribution in [0.4, 0.5) is 5.69 Å². The van der Waals surface area contributed by atoms with Crippen molar-refractivity contribution in [1.82, 2.24) is 5.32 Å². The fourth-order valence-electron chi connectivity index (χ4n) is 2.33. The molecule has 0 bridgehead atoms. The lowest BCUT2D eigenvalue weighted by molar-refractivity contribution is -0.385. The van der Waals surface area contributed by atoms with Crippen molar-refractivity contribution in [3.63, 3.8) is 0 Å². The van der Waals surface area contributed by atoms with Crippen molar-refractivity contribution in [1.29, 1.82) is 0 Å². The number of nitrogens with zero attached hydrogens (tertiary/aromatic N) is 1. The van der Waals surface area contributed by atoms with Crippen molar-refractivity contribution in [2.24, 2.45) is 0 Å². The van der Waals surface area contributed by atoms with Crippen molar-refractivity contribution in [2.45, 2.75) is 25.9 Å². The van der Waals surface area contributed by atoms with E-state index in [4.69, 9.17) is 11.6 Å². The van der Waals surface area contributed by atoms with Gasteiger partial charge in [-0.05, 0) is 31.5 Å². The standard InChI is InChI=1S/C16H17ClN2O2/c1-11(13-7-9-14(17)10-8-13)18-12(2)15-5-3-4-6-16(15)19(20)21/h3-12,18H,1-2H3/t11-,12?/m0/s1. The maximum Gasteiger partial charge on any atom is 0.274 e. The largest absolute Gasteiger partial charge is 0.303 e. The molecule has 0 amide bonds. The molecule has 0 spiro atoms. The second kappa shape index (κ2) is 6.70. The summed E-state index contributed by atoms with van der Waals surface area (Å²) in [5.74, 6) is 0. The predicted molar refractivity (Wildman–Crippen MR) is 84.5 cm³/mol. The number of hydrogen-bond acceptors (Lipinski definition) is 3. The molecule has 21 heavy (non-hydrogen) atoms. The summed E-state index contributed by atoms with van der Waals surface area (Å²) in [6.07, 6.45) is 0. The summed E-state index contributed by atoms with van der Waals surface area (Å²) in [5, 5.41) is 15.2. The quantitative estimate of drug-likeness (QED) is 0.645. The molecule has 0 heterocycles. The zero-order valence-electron chi connectivity index (χ0n) is 11.9. The van der Waals surface area contributed by atoms with E-state index in [1.807, 2.05) is 44.2 Å². The van der Waals surface area contributed by atoms with Gasteiger partial charge in [-0.1, -0.05) is 41.9 Å². The second-order valence-corrected chi connectivity index (χ2v) is 5.41. The van der Waals surface area contributed by atoms with Crippen LogP contribution >= 0.6 is 11.6 Å². The van der Waals surface area contributed by atoms with E-state index in [0.29, 0.717) is 10.6 Å². The Morgan fingerprint density at radius 3 is 2.29 bits per heavy atom. The van der Waals surface area contributed by atoms with Crippen molar-refractivity contribution in [3.05, 3.63) is 74.8 Å². The lowest BCUT2D eigenvalue weighted by atomic mass is 10.0. The van der Waals surface area contributed by atoms with Gasteiger partial charge in [0.05, 0.1) is 4.92 Å². The number of benzene rings is 2. The molecule has 0 aliphatic rings. The Morgan fingerprint density at radius 1 is 1.05 bits per heavy atom. The van der Waals surface area contributed by atoms with Crippen LogP contribution in [0.5, 0.6) is 0 Å². The fraction of sp³-hybridized carbons (Fsp3) is 0.250. The zero-order valence-corrected chi connectivity index (χ0v) is 12.7. The molecule has 2 aromatic carbocycles. The number of hydrogen-bond donors (Lipinski definition) is 1. The Balaban J connectivity index is 2.16. The number of nitrogens with one attached hydrogen (secondary N) is 1. The minimum Gasteiger partial charge on any atom is -0.303 e. The maximum atomic E-state index is 11.1. The second-order valence-electron chi connectivity index (χ2n) is 4.98. The molecule has 5 heteroatoms. The summed E-state index contributed by atoms with van der Waals surface area (Å²) in [7, 11) is 0. The van der Waals surface area contributed by atoms with E-state index in [-0.39, 0.29) is 22.7 Å². The molecule has 0 aliphatic carbocycles. The number of para-hydroxylation sites is 1. The first-order valence-corrected chi connectivity index (χ1v) is 7.11. The summed E-state index contributed by atoms with van der Waals surface area (Å²) in [5.41, 5.74) is 1.91. The van der Waals surface area contributed by atoms with E-state index in [1.54, 1.807) is 12.1 Å². The summed E-state index contributed by atoms with van der Waals surface area (Å²) in [6.45, 7) is 3.95. The summed E-state index contributed by atoms with van der Waals surface area (Å²) in [4.78, 5) is 10.7. The number of halogens is 1. The molecule has 0 saturated carbocycles. The maximum absolute atomic E-state index is 11.1. The van der Waals surface area contributed by atoms with E-state index >= 15 is 0 Å². The first kappa shape index (κ1) is 15.5. The number of rotatable bonds is 5. The third-order valence-corrected chi connectivity index (χ3v) is 3.72. The Morgan fingerprint density at radius 2 is 1.67 bits per heavy atom. The molecule has 0 radical (unpaired) electrons. The van der Waals surface area contributed by atoms with Gasteiger partial charge in [0.2, 0.25) is 0 Å². The van der Waals surface area contributed by atoms with Crippen LogP contribution in [-0.2, 0) is 0 Å². The molecule has 110 valence electrons. The summed E-state index contributed by atoms with van der Waals surface area (Å²) >= 11 is 5.88. The lowest BCUT2D eigenvalue weighted by Crippen LogP contribution is -2.23. The molecule has 4 nitrogen and oxygen atoms in total. The number of nitro groups is 1. The molecular weight excluding hydrogens is 288 g/mol. The molecule has 2 aromatic rings.